The molecule has 8 nitrogen and oxygen atoms in total. The number of hydrogen-bond acceptors (Lipinski definition) is 6. The Morgan fingerprint density at radius 1 is 0.931 bits per heavy atom. The number of anilines is 1. The standard InChI is InChI=1S/C21H26N6O2/c28-21(26-11-13-29-14-12-26)27-10-5-18-17(15-27)20(25-8-1-2-9-25)24-19(23-18)16-3-6-22-7-4-16/h3-4,6-7H,1-2,5,8-15H2. The molecule has 3 aliphatic heterocycles. The highest BCUT2D eigenvalue weighted by Gasteiger charge is 2.31. The molecule has 0 atom stereocenters. The zero-order chi connectivity index (χ0) is 19.6. The number of nitrogens with zero attached hydrogens (tertiary/aromatic N) is 6. The molecule has 8 heteroatoms. The molecular formula is C21H26N6O2. The molecule has 2 amide bonds. The molecule has 0 aliphatic carbocycles. The summed E-state index contributed by atoms with van der Waals surface area (Å²) in [5.41, 5.74) is 3.16. The van der Waals surface area contributed by atoms with Gasteiger partial charge in [0.2, 0.25) is 0 Å². The fraction of sp³-hybridized carbons (Fsp3) is 0.524. The summed E-state index contributed by atoms with van der Waals surface area (Å²) in [4.78, 5) is 33.2. The minimum absolute atomic E-state index is 0.101. The number of morpholine rings is 1. The molecule has 0 aromatic carbocycles. The van der Waals surface area contributed by atoms with Gasteiger partial charge in [-0.1, -0.05) is 0 Å². The van der Waals surface area contributed by atoms with Crippen LogP contribution in [0, 0.1) is 0 Å². The predicted octanol–water partition coefficient (Wildman–Crippen LogP) is 1.95. The van der Waals surface area contributed by atoms with Crippen LogP contribution >= 0.6 is 0 Å². The molecule has 0 unspecified atom stereocenters. The smallest absolute Gasteiger partial charge is 0.320 e. The molecule has 2 aromatic heterocycles. The van der Waals surface area contributed by atoms with E-state index < -0.39 is 0 Å². The normalized spacial score (nSPS) is 19.4. The highest BCUT2D eigenvalue weighted by molar-refractivity contribution is 5.75. The molecule has 2 saturated heterocycles. The average molecular weight is 394 g/mol. The van der Waals surface area contributed by atoms with E-state index in [1.807, 2.05) is 21.9 Å². The number of carbonyl (C=O) groups is 1. The summed E-state index contributed by atoms with van der Waals surface area (Å²) in [6.07, 6.45) is 6.67. The number of fused-ring (bicyclic) bond motifs is 1. The van der Waals surface area contributed by atoms with Crippen LogP contribution in [0.3, 0.4) is 0 Å². The van der Waals surface area contributed by atoms with Gasteiger partial charge in [0.15, 0.2) is 5.82 Å². The SMILES string of the molecule is O=C(N1CCOCC1)N1CCc2nc(-c3ccncc3)nc(N3CCCC3)c2C1. The minimum atomic E-state index is 0.101. The number of ether oxygens (including phenoxy) is 1. The number of carbonyl (C=O) groups excluding carboxylic acids is 1. The van der Waals surface area contributed by atoms with Gasteiger partial charge in [0.1, 0.15) is 5.82 Å². The zero-order valence-corrected chi connectivity index (χ0v) is 16.6. The molecular weight excluding hydrogens is 368 g/mol. The van der Waals surface area contributed by atoms with Crippen molar-refractivity contribution in [3.63, 3.8) is 0 Å². The van der Waals surface area contributed by atoms with Gasteiger partial charge in [-0.2, -0.15) is 0 Å². The monoisotopic (exact) mass is 394 g/mol. The number of urea groups is 1. The van der Waals surface area contributed by atoms with Gasteiger partial charge in [-0.05, 0) is 25.0 Å². The first kappa shape index (κ1) is 18.3. The molecule has 0 saturated carbocycles. The second-order valence-corrected chi connectivity index (χ2v) is 7.78. The molecule has 0 bridgehead atoms. The summed E-state index contributed by atoms with van der Waals surface area (Å²) in [6.45, 7) is 5.86. The Balaban J connectivity index is 1.47. The Morgan fingerprint density at radius 3 is 2.45 bits per heavy atom. The minimum Gasteiger partial charge on any atom is -0.378 e. The van der Waals surface area contributed by atoms with Crippen LogP contribution in [-0.4, -0.2) is 76.7 Å². The molecule has 29 heavy (non-hydrogen) atoms. The van der Waals surface area contributed by atoms with Crippen molar-refractivity contribution in [2.24, 2.45) is 0 Å². The van der Waals surface area contributed by atoms with Crippen molar-refractivity contribution in [2.75, 3.05) is 50.8 Å². The number of amides is 2. The van der Waals surface area contributed by atoms with E-state index >= 15 is 0 Å². The summed E-state index contributed by atoms with van der Waals surface area (Å²) < 4.78 is 5.39. The third-order valence-corrected chi connectivity index (χ3v) is 5.93. The van der Waals surface area contributed by atoms with Crippen LogP contribution in [0.25, 0.3) is 11.4 Å². The molecule has 5 heterocycles. The molecule has 152 valence electrons. The maximum Gasteiger partial charge on any atom is 0.320 e. The largest absolute Gasteiger partial charge is 0.378 e. The van der Waals surface area contributed by atoms with E-state index in [1.165, 1.54) is 12.8 Å². The average Bonchev–Trinajstić information content (AvgIpc) is 3.33. The molecule has 2 aromatic rings. The number of aromatic nitrogens is 3. The van der Waals surface area contributed by atoms with Crippen molar-refractivity contribution in [3.8, 4) is 11.4 Å². The lowest BCUT2D eigenvalue weighted by atomic mass is 10.0. The number of pyridine rings is 1. The van der Waals surface area contributed by atoms with E-state index in [2.05, 4.69) is 9.88 Å². The van der Waals surface area contributed by atoms with Crippen molar-refractivity contribution in [3.05, 3.63) is 35.8 Å². The topological polar surface area (TPSA) is 74.7 Å². The molecule has 0 N–H and O–H groups in total. The second-order valence-electron chi connectivity index (χ2n) is 7.78. The van der Waals surface area contributed by atoms with Gasteiger partial charge >= 0.3 is 6.03 Å². The fourth-order valence-corrected chi connectivity index (χ4v) is 4.34. The number of hydrogen-bond donors (Lipinski definition) is 0. The van der Waals surface area contributed by atoms with Gasteiger partial charge in [0, 0.05) is 62.7 Å². The lowest BCUT2D eigenvalue weighted by molar-refractivity contribution is 0.0421. The molecule has 2 fully saturated rings. The van der Waals surface area contributed by atoms with E-state index in [0.29, 0.717) is 39.4 Å². The molecule has 0 spiro atoms. The third kappa shape index (κ3) is 3.64. The van der Waals surface area contributed by atoms with Gasteiger partial charge in [0.25, 0.3) is 0 Å². The molecule has 5 rings (SSSR count). The molecule has 3 aliphatic rings. The summed E-state index contributed by atoms with van der Waals surface area (Å²) >= 11 is 0. The Kier molecular flexibility index (Phi) is 5.01. The lowest BCUT2D eigenvalue weighted by Crippen LogP contribution is -2.49. The summed E-state index contributed by atoms with van der Waals surface area (Å²) in [5, 5.41) is 0. The highest BCUT2D eigenvalue weighted by Crippen LogP contribution is 2.31. The quantitative estimate of drug-likeness (QED) is 0.775. The predicted molar refractivity (Wildman–Crippen MR) is 109 cm³/mol. The Bertz CT molecular complexity index is 878. The number of rotatable bonds is 2. The van der Waals surface area contributed by atoms with Gasteiger partial charge in [-0.15, -0.1) is 0 Å². The van der Waals surface area contributed by atoms with Gasteiger partial charge < -0.3 is 19.4 Å². The van der Waals surface area contributed by atoms with Crippen LogP contribution in [0.4, 0.5) is 10.6 Å². The lowest BCUT2D eigenvalue weighted by Gasteiger charge is -2.36. The first-order chi connectivity index (χ1) is 14.3. The van der Waals surface area contributed by atoms with Gasteiger partial charge in [-0.3, -0.25) is 4.98 Å². The summed E-state index contributed by atoms with van der Waals surface area (Å²) in [6, 6.07) is 4.00. The molecule has 0 radical (unpaired) electrons. The van der Waals surface area contributed by atoms with Crippen molar-refractivity contribution in [2.45, 2.75) is 25.8 Å². The third-order valence-electron chi connectivity index (χ3n) is 5.93. The van der Waals surface area contributed by atoms with E-state index in [-0.39, 0.29) is 6.03 Å². The van der Waals surface area contributed by atoms with E-state index in [4.69, 9.17) is 14.7 Å². The second kappa shape index (κ2) is 7.94. The van der Waals surface area contributed by atoms with Crippen molar-refractivity contribution < 1.29 is 9.53 Å². The van der Waals surface area contributed by atoms with Crippen molar-refractivity contribution in [1.29, 1.82) is 0 Å². The van der Waals surface area contributed by atoms with Crippen LogP contribution in [0.15, 0.2) is 24.5 Å². The van der Waals surface area contributed by atoms with E-state index in [0.717, 1.165) is 48.0 Å². The Labute approximate surface area is 170 Å². The van der Waals surface area contributed by atoms with E-state index in [9.17, 15) is 4.79 Å². The Hall–Kier alpha value is -2.74. The van der Waals surface area contributed by atoms with Gasteiger partial charge in [-0.25, -0.2) is 14.8 Å². The zero-order valence-electron chi connectivity index (χ0n) is 16.6. The maximum atomic E-state index is 13.0. The first-order valence-electron chi connectivity index (χ1n) is 10.5. The van der Waals surface area contributed by atoms with Crippen LogP contribution in [0.5, 0.6) is 0 Å². The van der Waals surface area contributed by atoms with Gasteiger partial charge in [0.05, 0.1) is 25.5 Å². The first-order valence-corrected chi connectivity index (χ1v) is 10.5. The summed E-state index contributed by atoms with van der Waals surface area (Å²) in [7, 11) is 0. The summed E-state index contributed by atoms with van der Waals surface area (Å²) in [5.74, 6) is 1.75. The van der Waals surface area contributed by atoms with Crippen molar-refractivity contribution >= 4 is 11.8 Å². The van der Waals surface area contributed by atoms with Crippen LogP contribution in [-0.2, 0) is 17.7 Å². The Morgan fingerprint density at radius 2 is 1.69 bits per heavy atom. The van der Waals surface area contributed by atoms with Crippen LogP contribution in [0.1, 0.15) is 24.1 Å². The highest BCUT2D eigenvalue weighted by atomic mass is 16.5. The fourth-order valence-electron chi connectivity index (χ4n) is 4.34. The van der Waals surface area contributed by atoms with Crippen LogP contribution < -0.4 is 4.90 Å². The van der Waals surface area contributed by atoms with Crippen molar-refractivity contribution in [1.82, 2.24) is 24.8 Å². The van der Waals surface area contributed by atoms with Crippen LogP contribution in [0.2, 0.25) is 0 Å². The van der Waals surface area contributed by atoms with E-state index in [1.54, 1.807) is 12.4 Å². The maximum absolute atomic E-state index is 13.0.